The summed E-state index contributed by atoms with van der Waals surface area (Å²) in [5, 5.41) is 4.27. The smallest absolute Gasteiger partial charge is 0.222 e. The van der Waals surface area contributed by atoms with E-state index >= 15 is 0 Å². The van der Waals surface area contributed by atoms with E-state index < -0.39 is 0 Å². The van der Waals surface area contributed by atoms with Gasteiger partial charge < -0.3 is 9.64 Å². The molecule has 1 aromatic heterocycles. The fourth-order valence-electron chi connectivity index (χ4n) is 3.44. The van der Waals surface area contributed by atoms with Crippen LogP contribution in [0.4, 0.5) is 0 Å². The van der Waals surface area contributed by atoms with Crippen LogP contribution in [0.5, 0.6) is 0 Å². The summed E-state index contributed by atoms with van der Waals surface area (Å²) >= 11 is 0. The van der Waals surface area contributed by atoms with Crippen molar-refractivity contribution in [2.75, 3.05) is 13.2 Å². The van der Waals surface area contributed by atoms with E-state index in [-0.39, 0.29) is 0 Å². The van der Waals surface area contributed by atoms with E-state index in [2.05, 4.69) is 10.00 Å². The zero-order valence-corrected chi connectivity index (χ0v) is 12.6. The number of likely N-dealkylation sites (tertiary alicyclic amines) is 1. The second-order valence-electron chi connectivity index (χ2n) is 6.14. The highest BCUT2D eigenvalue weighted by atomic mass is 16.5. The fraction of sp³-hybridized carbons (Fsp3) is 0.750. The molecule has 116 valence electrons. The highest BCUT2D eigenvalue weighted by molar-refractivity contribution is 5.76. The molecule has 1 amide bonds. The Morgan fingerprint density at radius 1 is 1.29 bits per heavy atom. The molecule has 5 heteroatoms. The fourth-order valence-corrected chi connectivity index (χ4v) is 3.44. The lowest BCUT2D eigenvalue weighted by Crippen LogP contribution is -2.46. The van der Waals surface area contributed by atoms with Crippen LogP contribution in [-0.4, -0.2) is 45.9 Å². The molecule has 0 unspecified atom stereocenters. The van der Waals surface area contributed by atoms with E-state index in [0.717, 1.165) is 51.8 Å². The van der Waals surface area contributed by atoms with Crippen LogP contribution in [0.15, 0.2) is 18.5 Å². The van der Waals surface area contributed by atoms with Crippen molar-refractivity contribution in [2.45, 2.75) is 63.6 Å². The van der Waals surface area contributed by atoms with Crippen molar-refractivity contribution >= 4 is 5.91 Å². The molecule has 2 aliphatic rings. The molecule has 3 heterocycles. The Hall–Kier alpha value is -1.36. The Balaban J connectivity index is 1.53. The molecule has 3 rings (SSSR count). The maximum absolute atomic E-state index is 12.5. The SMILES string of the molecule is O=C(CC[C@H]1CCCO1)N1CCCC[C@H]1Cn1cccn1. The molecule has 0 spiro atoms. The van der Waals surface area contributed by atoms with Crippen molar-refractivity contribution in [1.29, 1.82) is 0 Å². The third kappa shape index (κ3) is 3.84. The van der Waals surface area contributed by atoms with Gasteiger partial charge in [-0.2, -0.15) is 5.10 Å². The number of hydrogen-bond acceptors (Lipinski definition) is 3. The summed E-state index contributed by atoms with van der Waals surface area (Å²) in [4.78, 5) is 14.6. The topological polar surface area (TPSA) is 47.4 Å². The molecule has 2 aliphatic heterocycles. The second kappa shape index (κ2) is 7.07. The lowest BCUT2D eigenvalue weighted by Gasteiger charge is -2.36. The summed E-state index contributed by atoms with van der Waals surface area (Å²) < 4.78 is 7.56. The first-order valence-corrected chi connectivity index (χ1v) is 8.21. The van der Waals surface area contributed by atoms with E-state index in [9.17, 15) is 4.79 Å². The minimum absolute atomic E-state index is 0.294. The molecule has 2 fully saturated rings. The first-order chi connectivity index (χ1) is 10.3. The number of carbonyl (C=O) groups excluding carboxylic acids is 1. The van der Waals surface area contributed by atoms with Gasteiger partial charge in [0.1, 0.15) is 0 Å². The summed E-state index contributed by atoms with van der Waals surface area (Å²) in [7, 11) is 0. The molecule has 0 bridgehead atoms. The highest BCUT2D eigenvalue weighted by Gasteiger charge is 2.27. The quantitative estimate of drug-likeness (QED) is 0.836. The van der Waals surface area contributed by atoms with Gasteiger partial charge in [0, 0.05) is 32.0 Å². The zero-order valence-electron chi connectivity index (χ0n) is 12.6. The predicted molar refractivity (Wildman–Crippen MR) is 79.8 cm³/mol. The lowest BCUT2D eigenvalue weighted by atomic mass is 10.0. The van der Waals surface area contributed by atoms with Crippen LogP contribution in [0.2, 0.25) is 0 Å². The lowest BCUT2D eigenvalue weighted by molar-refractivity contribution is -0.135. The van der Waals surface area contributed by atoms with E-state index in [0.29, 0.717) is 24.5 Å². The third-order valence-electron chi connectivity index (χ3n) is 4.61. The maximum Gasteiger partial charge on any atom is 0.222 e. The molecule has 0 N–H and O–H groups in total. The minimum Gasteiger partial charge on any atom is -0.378 e. The molecule has 2 saturated heterocycles. The van der Waals surface area contributed by atoms with E-state index in [1.165, 1.54) is 6.42 Å². The predicted octanol–water partition coefficient (Wildman–Crippen LogP) is 2.22. The van der Waals surface area contributed by atoms with Crippen LogP contribution in [0.25, 0.3) is 0 Å². The van der Waals surface area contributed by atoms with Crippen LogP contribution in [0, 0.1) is 0 Å². The summed E-state index contributed by atoms with van der Waals surface area (Å²) in [6.07, 6.45) is 11.3. The van der Waals surface area contributed by atoms with Gasteiger partial charge in [-0.05, 0) is 44.6 Å². The largest absolute Gasteiger partial charge is 0.378 e. The van der Waals surface area contributed by atoms with Gasteiger partial charge in [0.2, 0.25) is 5.91 Å². The van der Waals surface area contributed by atoms with E-state index in [1.807, 2.05) is 16.9 Å². The number of hydrogen-bond donors (Lipinski definition) is 0. The molecular weight excluding hydrogens is 266 g/mol. The molecule has 2 atom stereocenters. The number of aromatic nitrogens is 2. The highest BCUT2D eigenvalue weighted by Crippen LogP contribution is 2.22. The van der Waals surface area contributed by atoms with Crippen LogP contribution in [-0.2, 0) is 16.1 Å². The number of piperidine rings is 1. The van der Waals surface area contributed by atoms with Crippen molar-refractivity contribution in [3.05, 3.63) is 18.5 Å². The minimum atomic E-state index is 0.294. The number of nitrogens with zero attached hydrogens (tertiary/aromatic N) is 3. The van der Waals surface area contributed by atoms with E-state index in [4.69, 9.17) is 4.74 Å². The number of amides is 1. The van der Waals surface area contributed by atoms with Gasteiger partial charge in [0.15, 0.2) is 0 Å². The van der Waals surface area contributed by atoms with Gasteiger partial charge in [-0.3, -0.25) is 9.48 Å². The van der Waals surface area contributed by atoms with Crippen LogP contribution < -0.4 is 0 Å². The monoisotopic (exact) mass is 291 g/mol. The average Bonchev–Trinajstić information content (AvgIpc) is 3.18. The van der Waals surface area contributed by atoms with Gasteiger partial charge in [-0.1, -0.05) is 0 Å². The molecule has 21 heavy (non-hydrogen) atoms. The first-order valence-electron chi connectivity index (χ1n) is 8.21. The zero-order chi connectivity index (χ0) is 14.5. The van der Waals surface area contributed by atoms with E-state index in [1.54, 1.807) is 6.20 Å². The van der Waals surface area contributed by atoms with Crippen LogP contribution in [0.3, 0.4) is 0 Å². The van der Waals surface area contributed by atoms with Gasteiger partial charge >= 0.3 is 0 Å². The van der Waals surface area contributed by atoms with Gasteiger partial charge in [-0.15, -0.1) is 0 Å². The summed E-state index contributed by atoms with van der Waals surface area (Å²) in [6, 6.07) is 2.24. The standard InChI is InChI=1S/C16H25N3O2/c20-16(8-7-15-6-3-12-21-15)19-11-2-1-5-14(19)13-18-10-4-9-17-18/h4,9-10,14-15H,1-3,5-8,11-13H2/t14-,15+/m0/s1. The number of rotatable bonds is 5. The average molecular weight is 291 g/mol. The van der Waals surface area contributed by atoms with Crippen molar-refractivity contribution in [1.82, 2.24) is 14.7 Å². The van der Waals surface area contributed by atoms with Crippen molar-refractivity contribution in [2.24, 2.45) is 0 Å². The molecular formula is C16H25N3O2. The van der Waals surface area contributed by atoms with Crippen LogP contribution >= 0.6 is 0 Å². The first kappa shape index (κ1) is 14.6. The maximum atomic E-state index is 12.5. The van der Waals surface area contributed by atoms with Crippen molar-refractivity contribution < 1.29 is 9.53 Å². The third-order valence-corrected chi connectivity index (χ3v) is 4.61. The van der Waals surface area contributed by atoms with Crippen molar-refractivity contribution in [3.8, 4) is 0 Å². The Bertz CT molecular complexity index is 440. The number of carbonyl (C=O) groups is 1. The van der Waals surface area contributed by atoms with Gasteiger partial charge in [-0.25, -0.2) is 0 Å². The van der Waals surface area contributed by atoms with Crippen LogP contribution in [0.1, 0.15) is 44.9 Å². The molecule has 0 aliphatic carbocycles. The Morgan fingerprint density at radius 3 is 3.00 bits per heavy atom. The summed E-state index contributed by atoms with van der Waals surface area (Å²) in [6.45, 7) is 2.58. The van der Waals surface area contributed by atoms with Gasteiger partial charge in [0.05, 0.1) is 18.7 Å². The Kier molecular flexibility index (Phi) is 4.91. The Labute approximate surface area is 126 Å². The second-order valence-corrected chi connectivity index (χ2v) is 6.14. The number of ether oxygens (including phenoxy) is 1. The van der Waals surface area contributed by atoms with Crippen molar-refractivity contribution in [3.63, 3.8) is 0 Å². The summed E-state index contributed by atoms with van der Waals surface area (Å²) in [5.41, 5.74) is 0. The van der Waals surface area contributed by atoms with Gasteiger partial charge in [0.25, 0.3) is 0 Å². The molecule has 5 nitrogen and oxygen atoms in total. The molecule has 0 saturated carbocycles. The summed E-state index contributed by atoms with van der Waals surface area (Å²) in [5.74, 6) is 0.294. The Morgan fingerprint density at radius 2 is 2.24 bits per heavy atom. The molecule has 0 radical (unpaired) electrons. The normalized spacial score (nSPS) is 26.2. The molecule has 1 aromatic rings. The molecule has 0 aromatic carbocycles.